The Morgan fingerprint density at radius 1 is 1.33 bits per heavy atom. The molecule has 114 valence electrons. The number of nitrogens with two attached hydrogens (primary N) is 1. The number of halogens is 1. The predicted molar refractivity (Wildman–Crippen MR) is 83.5 cm³/mol. The Kier molecular flexibility index (Phi) is 4.85. The van der Waals surface area contributed by atoms with Crippen molar-refractivity contribution >= 4 is 29.1 Å². The van der Waals surface area contributed by atoms with Gasteiger partial charge in [-0.15, -0.1) is 0 Å². The molecule has 1 fully saturated rings. The Morgan fingerprint density at radius 2 is 2.00 bits per heavy atom. The minimum absolute atomic E-state index is 0.171. The number of anilines is 1. The fraction of sp³-hybridized carbons (Fsp3) is 0.467. The molecule has 0 saturated heterocycles. The molecule has 4 N–H and O–H groups in total. The van der Waals surface area contributed by atoms with Crippen molar-refractivity contribution in [3.63, 3.8) is 0 Å². The van der Waals surface area contributed by atoms with Gasteiger partial charge in [-0.2, -0.15) is 0 Å². The van der Waals surface area contributed by atoms with Gasteiger partial charge in [0.15, 0.2) is 0 Å². The first-order chi connectivity index (χ1) is 9.93. The van der Waals surface area contributed by atoms with Crippen LogP contribution in [0.1, 0.15) is 42.5 Å². The third-order valence-corrected chi connectivity index (χ3v) is 4.17. The standard InChI is InChI=1S/C15H20ClN3O2/c1-18-14(21)10-4-5-11(16)12(8-10)19-13(20)9-15(17)6-2-3-7-15/h4-5,8H,2-3,6-7,9,17H2,1H3,(H,18,21)(H,19,20). The summed E-state index contributed by atoms with van der Waals surface area (Å²) in [6, 6.07) is 4.77. The van der Waals surface area contributed by atoms with Crippen molar-refractivity contribution in [2.75, 3.05) is 12.4 Å². The summed E-state index contributed by atoms with van der Waals surface area (Å²) in [4.78, 5) is 23.7. The first-order valence-corrected chi connectivity index (χ1v) is 7.42. The van der Waals surface area contributed by atoms with Gasteiger partial charge in [0.2, 0.25) is 5.91 Å². The summed E-state index contributed by atoms with van der Waals surface area (Å²) in [5.74, 6) is -0.399. The monoisotopic (exact) mass is 309 g/mol. The van der Waals surface area contributed by atoms with Crippen molar-refractivity contribution in [1.29, 1.82) is 0 Å². The molecule has 21 heavy (non-hydrogen) atoms. The van der Waals surface area contributed by atoms with Crippen molar-refractivity contribution in [3.8, 4) is 0 Å². The van der Waals surface area contributed by atoms with E-state index in [2.05, 4.69) is 10.6 Å². The summed E-state index contributed by atoms with van der Waals surface area (Å²) in [5.41, 5.74) is 6.67. The molecule has 5 nitrogen and oxygen atoms in total. The van der Waals surface area contributed by atoms with E-state index in [9.17, 15) is 9.59 Å². The number of hydrogen-bond donors (Lipinski definition) is 3. The number of benzene rings is 1. The summed E-state index contributed by atoms with van der Waals surface area (Å²) >= 11 is 6.06. The zero-order chi connectivity index (χ0) is 15.5. The van der Waals surface area contributed by atoms with Crippen molar-refractivity contribution in [2.24, 2.45) is 5.73 Å². The highest BCUT2D eigenvalue weighted by Crippen LogP contribution is 2.31. The van der Waals surface area contributed by atoms with E-state index in [1.165, 1.54) is 0 Å². The van der Waals surface area contributed by atoms with Crippen LogP contribution < -0.4 is 16.4 Å². The SMILES string of the molecule is CNC(=O)c1ccc(Cl)c(NC(=O)CC2(N)CCCC2)c1. The van der Waals surface area contributed by atoms with Crippen LogP contribution in [0.3, 0.4) is 0 Å². The van der Waals surface area contributed by atoms with Gasteiger partial charge in [-0.05, 0) is 31.0 Å². The van der Waals surface area contributed by atoms with E-state index in [0.717, 1.165) is 25.7 Å². The molecule has 0 aliphatic heterocycles. The molecule has 6 heteroatoms. The smallest absolute Gasteiger partial charge is 0.251 e. The van der Waals surface area contributed by atoms with Crippen molar-refractivity contribution < 1.29 is 9.59 Å². The van der Waals surface area contributed by atoms with Crippen LogP contribution in [0.2, 0.25) is 5.02 Å². The van der Waals surface area contributed by atoms with Gasteiger partial charge in [-0.1, -0.05) is 24.4 Å². The van der Waals surface area contributed by atoms with Gasteiger partial charge in [0.05, 0.1) is 10.7 Å². The average molecular weight is 310 g/mol. The summed E-state index contributed by atoms with van der Waals surface area (Å²) in [6.07, 6.45) is 4.14. The van der Waals surface area contributed by atoms with Crippen LogP contribution in [0.5, 0.6) is 0 Å². The molecular formula is C15H20ClN3O2. The Morgan fingerprint density at radius 3 is 2.62 bits per heavy atom. The number of nitrogens with one attached hydrogen (secondary N) is 2. The molecule has 0 unspecified atom stereocenters. The van der Waals surface area contributed by atoms with Crippen LogP contribution in [0.25, 0.3) is 0 Å². The molecule has 2 rings (SSSR count). The molecule has 1 aromatic rings. The molecule has 0 spiro atoms. The molecule has 0 atom stereocenters. The Bertz CT molecular complexity index is 554. The Hall–Kier alpha value is -1.59. The second-order valence-corrected chi connectivity index (χ2v) is 5.98. The minimum atomic E-state index is -0.408. The van der Waals surface area contributed by atoms with Gasteiger partial charge in [0, 0.05) is 24.6 Å². The van der Waals surface area contributed by atoms with E-state index in [1.54, 1.807) is 25.2 Å². The topological polar surface area (TPSA) is 84.2 Å². The molecule has 0 heterocycles. The van der Waals surface area contributed by atoms with E-state index in [4.69, 9.17) is 17.3 Å². The predicted octanol–water partition coefficient (Wildman–Crippen LogP) is 2.30. The van der Waals surface area contributed by atoms with Gasteiger partial charge in [0.1, 0.15) is 0 Å². The maximum absolute atomic E-state index is 12.1. The zero-order valence-electron chi connectivity index (χ0n) is 12.0. The first kappa shape index (κ1) is 15.8. The number of hydrogen-bond acceptors (Lipinski definition) is 3. The molecule has 1 aromatic carbocycles. The number of rotatable bonds is 4. The van der Waals surface area contributed by atoms with E-state index >= 15 is 0 Å². The van der Waals surface area contributed by atoms with Gasteiger partial charge in [-0.25, -0.2) is 0 Å². The van der Waals surface area contributed by atoms with Gasteiger partial charge >= 0.3 is 0 Å². The highest BCUT2D eigenvalue weighted by atomic mass is 35.5. The molecular weight excluding hydrogens is 290 g/mol. The summed E-state index contributed by atoms with van der Waals surface area (Å²) in [5, 5.41) is 5.68. The van der Waals surface area contributed by atoms with Crippen LogP contribution in [0, 0.1) is 0 Å². The number of carbonyl (C=O) groups is 2. The van der Waals surface area contributed by atoms with Crippen LogP contribution in [0.15, 0.2) is 18.2 Å². The van der Waals surface area contributed by atoms with Gasteiger partial charge in [-0.3, -0.25) is 9.59 Å². The molecule has 2 amide bonds. The van der Waals surface area contributed by atoms with Crippen LogP contribution >= 0.6 is 11.6 Å². The normalized spacial score (nSPS) is 16.5. The molecule has 0 bridgehead atoms. The fourth-order valence-corrected chi connectivity index (χ4v) is 2.84. The average Bonchev–Trinajstić information content (AvgIpc) is 2.86. The minimum Gasteiger partial charge on any atom is -0.355 e. The first-order valence-electron chi connectivity index (χ1n) is 7.04. The van der Waals surface area contributed by atoms with Crippen molar-refractivity contribution in [2.45, 2.75) is 37.6 Å². The van der Waals surface area contributed by atoms with Crippen LogP contribution in [-0.2, 0) is 4.79 Å². The Labute approximate surface area is 129 Å². The summed E-state index contributed by atoms with van der Waals surface area (Å²) in [7, 11) is 1.55. The van der Waals surface area contributed by atoms with Crippen molar-refractivity contribution in [3.05, 3.63) is 28.8 Å². The molecule has 1 aliphatic rings. The highest BCUT2D eigenvalue weighted by Gasteiger charge is 2.31. The molecule has 1 aliphatic carbocycles. The summed E-state index contributed by atoms with van der Waals surface area (Å²) in [6.45, 7) is 0. The maximum Gasteiger partial charge on any atom is 0.251 e. The molecule has 0 radical (unpaired) electrons. The maximum atomic E-state index is 12.1. The second kappa shape index (κ2) is 6.45. The second-order valence-electron chi connectivity index (χ2n) is 5.57. The highest BCUT2D eigenvalue weighted by molar-refractivity contribution is 6.33. The fourth-order valence-electron chi connectivity index (χ4n) is 2.68. The lowest BCUT2D eigenvalue weighted by Crippen LogP contribution is -2.40. The lowest BCUT2D eigenvalue weighted by atomic mass is 9.94. The lowest BCUT2D eigenvalue weighted by Gasteiger charge is -2.22. The lowest BCUT2D eigenvalue weighted by molar-refractivity contribution is -0.117. The van der Waals surface area contributed by atoms with E-state index in [0.29, 0.717) is 16.3 Å². The van der Waals surface area contributed by atoms with Crippen LogP contribution in [-0.4, -0.2) is 24.4 Å². The van der Waals surface area contributed by atoms with Crippen LogP contribution in [0.4, 0.5) is 5.69 Å². The Balaban J connectivity index is 2.07. The zero-order valence-corrected chi connectivity index (χ0v) is 12.8. The largest absolute Gasteiger partial charge is 0.355 e. The van der Waals surface area contributed by atoms with Gasteiger partial charge in [0.25, 0.3) is 5.91 Å². The number of amides is 2. The van der Waals surface area contributed by atoms with E-state index in [1.807, 2.05) is 0 Å². The third kappa shape index (κ3) is 3.95. The molecule has 1 saturated carbocycles. The molecule has 0 aromatic heterocycles. The quantitative estimate of drug-likeness (QED) is 0.798. The van der Waals surface area contributed by atoms with E-state index < -0.39 is 5.54 Å². The van der Waals surface area contributed by atoms with Crippen molar-refractivity contribution in [1.82, 2.24) is 5.32 Å². The number of carbonyl (C=O) groups excluding carboxylic acids is 2. The van der Waals surface area contributed by atoms with Gasteiger partial charge < -0.3 is 16.4 Å². The van der Waals surface area contributed by atoms with E-state index in [-0.39, 0.29) is 18.2 Å². The third-order valence-electron chi connectivity index (χ3n) is 3.84. The summed E-state index contributed by atoms with van der Waals surface area (Å²) < 4.78 is 0.